The lowest BCUT2D eigenvalue weighted by Gasteiger charge is -2.43. The van der Waals surface area contributed by atoms with Gasteiger partial charge >= 0.3 is 0 Å². The summed E-state index contributed by atoms with van der Waals surface area (Å²) in [6, 6.07) is -0.203. The van der Waals surface area contributed by atoms with Crippen molar-refractivity contribution in [3.63, 3.8) is 0 Å². The van der Waals surface area contributed by atoms with Gasteiger partial charge in [0.25, 0.3) is 0 Å². The van der Waals surface area contributed by atoms with Gasteiger partial charge in [0.2, 0.25) is 11.8 Å². The number of carbonyl (C=O) groups is 3. The molecule has 0 spiro atoms. The molecule has 0 aliphatic rings. The lowest BCUT2D eigenvalue weighted by Crippen LogP contribution is -2.53. The van der Waals surface area contributed by atoms with Crippen LogP contribution in [0.3, 0.4) is 0 Å². The van der Waals surface area contributed by atoms with Crippen LogP contribution < -0.4 is 22.1 Å². The summed E-state index contributed by atoms with van der Waals surface area (Å²) in [4.78, 5) is 36.5. The average Bonchev–Trinajstić information content (AvgIpc) is 2.55. The van der Waals surface area contributed by atoms with Gasteiger partial charge < -0.3 is 31.6 Å². The third kappa shape index (κ3) is 12.5. The Morgan fingerprint density at radius 2 is 1.58 bits per heavy atom. The number of ether oxygens (including phenoxy) is 1. The number of hydrogen-bond donors (Lipinski definition) is 4. The summed E-state index contributed by atoms with van der Waals surface area (Å²) in [5, 5.41) is 5.80. The van der Waals surface area contributed by atoms with Crippen molar-refractivity contribution in [2.75, 3.05) is 13.2 Å². The third-order valence-corrected chi connectivity index (χ3v) is 6.04. The monoisotopic (exact) mass is 470 g/mol. The highest BCUT2D eigenvalue weighted by Crippen LogP contribution is 2.40. The lowest BCUT2D eigenvalue weighted by molar-refractivity contribution is -0.133. The molecule has 2 amide bonds. The van der Waals surface area contributed by atoms with Crippen molar-refractivity contribution < 1.29 is 19.1 Å². The highest BCUT2D eigenvalue weighted by atomic mass is 16.5. The smallest absolute Gasteiger partial charge is 0.224 e. The molecule has 8 nitrogen and oxygen atoms in total. The summed E-state index contributed by atoms with van der Waals surface area (Å²) < 4.78 is 5.92. The zero-order valence-electron chi connectivity index (χ0n) is 22.6. The quantitative estimate of drug-likeness (QED) is 0.272. The second-order valence-electron chi connectivity index (χ2n) is 12.2. The van der Waals surface area contributed by atoms with Gasteiger partial charge in [-0.15, -0.1) is 0 Å². The minimum Gasteiger partial charge on any atom is -0.375 e. The van der Waals surface area contributed by atoms with Gasteiger partial charge in [-0.25, -0.2) is 0 Å². The Morgan fingerprint density at radius 1 is 1.03 bits per heavy atom. The van der Waals surface area contributed by atoms with Crippen molar-refractivity contribution in [3.05, 3.63) is 0 Å². The van der Waals surface area contributed by atoms with E-state index in [0.717, 1.165) is 0 Å². The molecular formula is C25H50N4O4. The maximum Gasteiger partial charge on any atom is 0.224 e. The predicted octanol–water partition coefficient (Wildman–Crippen LogP) is 2.52. The van der Waals surface area contributed by atoms with Gasteiger partial charge in [0.05, 0.1) is 18.6 Å². The number of aldehydes is 1. The van der Waals surface area contributed by atoms with Crippen LogP contribution in [0.25, 0.3) is 0 Å². The second kappa shape index (κ2) is 12.3. The number of amides is 2. The zero-order chi connectivity index (χ0) is 26.3. The van der Waals surface area contributed by atoms with Crippen molar-refractivity contribution in [3.8, 4) is 0 Å². The van der Waals surface area contributed by atoms with Gasteiger partial charge in [-0.1, -0.05) is 20.8 Å². The molecule has 0 saturated carbocycles. The maximum atomic E-state index is 12.9. The Balaban J connectivity index is 5.29. The summed E-state index contributed by atoms with van der Waals surface area (Å²) in [5.74, 6) is -0.850. The van der Waals surface area contributed by atoms with Crippen LogP contribution in [0.1, 0.15) is 88.5 Å². The summed E-state index contributed by atoms with van der Waals surface area (Å²) in [7, 11) is 0. The van der Waals surface area contributed by atoms with Gasteiger partial charge in [-0.2, -0.15) is 0 Å². The van der Waals surface area contributed by atoms with Crippen molar-refractivity contribution in [2.45, 2.75) is 111 Å². The highest BCUT2D eigenvalue weighted by Gasteiger charge is 2.43. The van der Waals surface area contributed by atoms with Crippen LogP contribution in [0, 0.1) is 17.3 Å². The first-order valence-electron chi connectivity index (χ1n) is 11.9. The molecule has 0 rings (SSSR count). The first kappa shape index (κ1) is 31.5. The molecule has 3 unspecified atom stereocenters. The molecule has 6 N–H and O–H groups in total. The normalized spacial score (nSPS) is 16.0. The van der Waals surface area contributed by atoms with E-state index in [0.29, 0.717) is 25.7 Å². The van der Waals surface area contributed by atoms with E-state index in [9.17, 15) is 14.4 Å². The van der Waals surface area contributed by atoms with Crippen LogP contribution in [-0.2, 0) is 19.1 Å². The summed E-state index contributed by atoms with van der Waals surface area (Å²) >= 11 is 0. The molecule has 0 aromatic heterocycles. The fourth-order valence-corrected chi connectivity index (χ4v) is 4.60. The molecule has 0 aromatic rings. The van der Waals surface area contributed by atoms with Crippen LogP contribution in [0.15, 0.2) is 0 Å². The van der Waals surface area contributed by atoms with E-state index >= 15 is 0 Å². The SMILES string of the molecule is CC(N)C(C)C(C(=O)NCC=O)C(C)(C)CC(C)(C)NC(=O)CC(C)(C)OCCC(C)(C)N. The Bertz CT molecular complexity index is 651. The van der Waals surface area contributed by atoms with Gasteiger partial charge in [-0.05, 0) is 72.6 Å². The molecule has 0 aromatic carbocycles. The summed E-state index contributed by atoms with van der Waals surface area (Å²) in [6.07, 6.45) is 2.12. The van der Waals surface area contributed by atoms with E-state index in [1.807, 2.05) is 69.2 Å². The van der Waals surface area contributed by atoms with E-state index in [-0.39, 0.29) is 42.3 Å². The van der Waals surface area contributed by atoms with Crippen LogP contribution in [0.5, 0.6) is 0 Å². The summed E-state index contributed by atoms with van der Waals surface area (Å²) in [5.41, 5.74) is 10.1. The lowest BCUT2D eigenvalue weighted by atomic mass is 9.65. The van der Waals surface area contributed by atoms with Gasteiger partial charge in [-0.3, -0.25) is 9.59 Å². The van der Waals surface area contributed by atoms with Crippen LogP contribution >= 0.6 is 0 Å². The van der Waals surface area contributed by atoms with Gasteiger partial charge in [0, 0.05) is 29.6 Å². The highest BCUT2D eigenvalue weighted by molar-refractivity contribution is 5.82. The first-order valence-corrected chi connectivity index (χ1v) is 11.9. The molecule has 0 saturated heterocycles. The molecule has 8 heteroatoms. The zero-order valence-corrected chi connectivity index (χ0v) is 22.6. The minimum atomic E-state index is -0.623. The number of nitrogens with two attached hydrogens (primary N) is 2. The van der Waals surface area contributed by atoms with E-state index in [1.54, 1.807) is 0 Å². The molecule has 0 bridgehead atoms. The number of nitrogens with one attached hydrogen (secondary N) is 2. The molecule has 0 aliphatic carbocycles. The van der Waals surface area contributed by atoms with Crippen LogP contribution in [0.4, 0.5) is 0 Å². The Morgan fingerprint density at radius 3 is 2.03 bits per heavy atom. The maximum absolute atomic E-state index is 12.9. The van der Waals surface area contributed by atoms with Crippen molar-refractivity contribution in [1.29, 1.82) is 0 Å². The van der Waals surface area contributed by atoms with E-state index < -0.39 is 22.5 Å². The first-order chi connectivity index (χ1) is 14.7. The molecule has 0 fully saturated rings. The van der Waals surface area contributed by atoms with Crippen molar-refractivity contribution in [2.24, 2.45) is 28.7 Å². The standard InChI is InChI=1S/C25H50N4O4/c1-17(18(2)26)20(21(32)28-12-13-30)22(3,4)16-24(7,8)29-19(31)15-25(9,10)33-14-11-23(5,6)27/h13,17-18,20H,11-12,14-16,26-27H2,1-10H3,(H,28,32)(H,29,31). The molecule has 0 aliphatic heterocycles. The van der Waals surface area contributed by atoms with Gasteiger partial charge in [0.1, 0.15) is 6.29 Å². The second-order valence-corrected chi connectivity index (χ2v) is 12.2. The fraction of sp³-hybridized carbons (Fsp3) is 0.880. The topological polar surface area (TPSA) is 137 Å². The van der Waals surface area contributed by atoms with E-state index in [4.69, 9.17) is 16.2 Å². The van der Waals surface area contributed by atoms with Crippen LogP contribution in [0.2, 0.25) is 0 Å². The largest absolute Gasteiger partial charge is 0.375 e. The van der Waals surface area contributed by atoms with Crippen molar-refractivity contribution >= 4 is 18.1 Å². The molecular weight excluding hydrogens is 420 g/mol. The van der Waals surface area contributed by atoms with E-state index in [1.165, 1.54) is 0 Å². The Hall–Kier alpha value is -1.51. The predicted molar refractivity (Wildman–Crippen MR) is 134 cm³/mol. The van der Waals surface area contributed by atoms with Gasteiger partial charge in [0.15, 0.2) is 0 Å². The molecule has 33 heavy (non-hydrogen) atoms. The molecule has 0 radical (unpaired) electrons. The minimum absolute atomic E-state index is 0.0341. The van der Waals surface area contributed by atoms with E-state index in [2.05, 4.69) is 10.6 Å². The Labute approximate surface area is 201 Å². The third-order valence-electron chi connectivity index (χ3n) is 6.04. The average molecular weight is 471 g/mol. The number of hydrogen-bond acceptors (Lipinski definition) is 6. The Kier molecular flexibility index (Phi) is 11.7. The fourth-order valence-electron chi connectivity index (χ4n) is 4.60. The molecule has 194 valence electrons. The molecule has 3 atom stereocenters. The number of carbonyl (C=O) groups excluding carboxylic acids is 3. The van der Waals surface area contributed by atoms with Crippen LogP contribution in [-0.4, -0.2) is 54.0 Å². The molecule has 0 heterocycles. The summed E-state index contributed by atoms with van der Waals surface area (Å²) in [6.45, 7) is 19.9. The number of rotatable bonds is 15. The van der Waals surface area contributed by atoms with Crippen molar-refractivity contribution in [1.82, 2.24) is 10.6 Å².